The van der Waals surface area contributed by atoms with Crippen LogP contribution in [0.25, 0.3) is 0 Å². The smallest absolute Gasteiger partial charge is 0.142 e. The molecule has 0 fully saturated rings. The molecule has 0 radical (unpaired) electrons. The molecule has 4 heteroatoms. The summed E-state index contributed by atoms with van der Waals surface area (Å²) in [5.74, 6) is 1.60. The number of rotatable bonds is 5. The second-order valence-electron chi connectivity index (χ2n) is 4.05. The topological polar surface area (TPSA) is 30.5 Å². The van der Waals surface area contributed by atoms with Crippen LogP contribution in [-0.2, 0) is 6.54 Å². The molecule has 0 unspecified atom stereocenters. The lowest BCUT2D eigenvalue weighted by atomic mass is 10.2. The van der Waals surface area contributed by atoms with E-state index in [1.807, 2.05) is 30.3 Å². The van der Waals surface area contributed by atoms with Crippen LogP contribution in [0.15, 0.2) is 46.9 Å². The predicted octanol–water partition coefficient (Wildman–Crippen LogP) is 4.08. The first kappa shape index (κ1) is 13.7. The Labute approximate surface area is 121 Å². The summed E-state index contributed by atoms with van der Waals surface area (Å²) in [6.45, 7) is 0.725. The van der Waals surface area contributed by atoms with Crippen molar-refractivity contribution < 1.29 is 9.47 Å². The second-order valence-corrected chi connectivity index (χ2v) is 4.97. The third-order valence-electron chi connectivity index (χ3n) is 2.78. The third kappa shape index (κ3) is 3.64. The first-order valence-corrected chi connectivity index (χ1v) is 6.72. The summed E-state index contributed by atoms with van der Waals surface area (Å²) in [5.41, 5.74) is 2.11. The van der Waals surface area contributed by atoms with Gasteiger partial charge in [-0.15, -0.1) is 0 Å². The first-order valence-electron chi connectivity index (χ1n) is 5.93. The van der Waals surface area contributed by atoms with Gasteiger partial charge in [-0.05, 0) is 29.8 Å². The largest absolute Gasteiger partial charge is 0.497 e. The summed E-state index contributed by atoms with van der Waals surface area (Å²) in [5, 5.41) is 3.36. The third-order valence-corrected chi connectivity index (χ3v) is 3.27. The number of nitrogens with one attached hydrogen (secondary N) is 1. The Morgan fingerprint density at radius 3 is 2.58 bits per heavy atom. The molecule has 0 saturated heterocycles. The van der Waals surface area contributed by atoms with Crippen molar-refractivity contribution >= 4 is 21.6 Å². The molecule has 1 N–H and O–H groups in total. The Morgan fingerprint density at radius 1 is 1.05 bits per heavy atom. The zero-order valence-electron chi connectivity index (χ0n) is 10.9. The van der Waals surface area contributed by atoms with Gasteiger partial charge < -0.3 is 14.8 Å². The van der Waals surface area contributed by atoms with Crippen LogP contribution in [0.3, 0.4) is 0 Å². The van der Waals surface area contributed by atoms with E-state index in [2.05, 4.69) is 33.4 Å². The number of methoxy groups -OCH3 is 2. The van der Waals surface area contributed by atoms with E-state index in [4.69, 9.17) is 9.47 Å². The van der Waals surface area contributed by atoms with Crippen molar-refractivity contribution in [1.29, 1.82) is 0 Å². The molecule has 2 rings (SSSR count). The maximum Gasteiger partial charge on any atom is 0.142 e. The number of anilines is 1. The lowest BCUT2D eigenvalue weighted by Gasteiger charge is -2.12. The van der Waals surface area contributed by atoms with Gasteiger partial charge in [-0.1, -0.05) is 28.1 Å². The molecule has 0 aromatic heterocycles. The van der Waals surface area contributed by atoms with Crippen molar-refractivity contribution in [1.82, 2.24) is 0 Å². The average Bonchev–Trinajstić information content (AvgIpc) is 2.45. The molecule has 0 spiro atoms. The molecule has 2 aromatic carbocycles. The molecule has 100 valence electrons. The molecule has 19 heavy (non-hydrogen) atoms. The zero-order chi connectivity index (χ0) is 13.7. The minimum Gasteiger partial charge on any atom is -0.497 e. The quantitative estimate of drug-likeness (QED) is 0.900. The zero-order valence-corrected chi connectivity index (χ0v) is 12.5. The van der Waals surface area contributed by atoms with Crippen LogP contribution in [0.1, 0.15) is 5.56 Å². The van der Waals surface area contributed by atoms with E-state index in [1.165, 1.54) is 5.56 Å². The highest BCUT2D eigenvalue weighted by atomic mass is 79.9. The predicted molar refractivity (Wildman–Crippen MR) is 81.0 cm³/mol. The Morgan fingerprint density at radius 2 is 1.89 bits per heavy atom. The lowest BCUT2D eigenvalue weighted by Crippen LogP contribution is -2.01. The van der Waals surface area contributed by atoms with Gasteiger partial charge in [0.1, 0.15) is 11.5 Å². The first-order chi connectivity index (χ1) is 9.22. The minimum atomic E-state index is 0.725. The van der Waals surface area contributed by atoms with Crippen LogP contribution in [0.4, 0.5) is 5.69 Å². The summed E-state index contributed by atoms with van der Waals surface area (Å²) < 4.78 is 11.6. The highest BCUT2D eigenvalue weighted by molar-refractivity contribution is 9.10. The normalized spacial score (nSPS) is 10.1. The van der Waals surface area contributed by atoms with Crippen molar-refractivity contribution in [2.24, 2.45) is 0 Å². The van der Waals surface area contributed by atoms with Crippen molar-refractivity contribution in [3.05, 3.63) is 52.5 Å². The number of hydrogen-bond donors (Lipinski definition) is 1. The standard InChI is InChI=1S/C15H16BrNO2/c1-18-13-6-7-15(19-2)14(9-13)17-10-11-4-3-5-12(16)8-11/h3-9,17H,10H2,1-2H3. The Hall–Kier alpha value is -1.68. The molecule has 0 bridgehead atoms. The Balaban J connectivity index is 2.14. The number of benzene rings is 2. The van der Waals surface area contributed by atoms with E-state index in [9.17, 15) is 0 Å². The summed E-state index contributed by atoms with van der Waals surface area (Å²) >= 11 is 3.47. The molecule has 3 nitrogen and oxygen atoms in total. The van der Waals surface area contributed by atoms with Crippen LogP contribution in [0.5, 0.6) is 11.5 Å². The van der Waals surface area contributed by atoms with Gasteiger partial charge in [-0.25, -0.2) is 0 Å². The molecule has 0 amide bonds. The van der Waals surface area contributed by atoms with Crippen LogP contribution in [-0.4, -0.2) is 14.2 Å². The average molecular weight is 322 g/mol. The molecule has 0 aliphatic heterocycles. The highest BCUT2D eigenvalue weighted by Gasteiger charge is 2.04. The fourth-order valence-electron chi connectivity index (χ4n) is 1.80. The number of halogens is 1. The van der Waals surface area contributed by atoms with Gasteiger partial charge in [0.2, 0.25) is 0 Å². The van der Waals surface area contributed by atoms with Gasteiger partial charge in [0.05, 0.1) is 19.9 Å². The van der Waals surface area contributed by atoms with Crippen molar-refractivity contribution in [2.75, 3.05) is 19.5 Å². The molecular formula is C15H16BrNO2. The van der Waals surface area contributed by atoms with Gasteiger partial charge in [0.25, 0.3) is 0 Å². The molecule has 0 aliphatic rings. The summed E-state index contributed by atoms with van der Waals surface area (Å²) in [6.07, 6.45) is 0. The van der Waals surface area contributed by atoms with Crippen LogP contribution in [0, 0.1) is 0 Å². The van der Waals surface area contributed by atoms with Crippen LogP contribution >= 0.6 is 15.9 Å². The van der Waals surface area contributed by atoms with Crippen molar-refractivity contribution in [2.45, 2.75) is 6.54 Å². The molecule has 2 aromatic rings. The maximum atomic E-state index is 5.33. The van der Waals surface area contributed by atoms with E-state index >= 15 is 0 Å². The molecule has 0 aliphatic carbocycles. The van der Waals surface area contributed by atoms with E-state index in [1.54, 1.807) is 14.2 Å². The lowest BCUT2D eigenvalue weighted by molar-refractivity contribution is 0.404. The minimum absolute atomic E-state index is 0.725. The maximum absolute atomic E-state index is 5.33. The van der Waals surface area contributed by atoms with Gasteiger partial charge >= 0.3 is 0 Å². The van der Waals surface area contributed by atoms with Gasteiger partial charge in [0, 0.05) is 17.1 Å². The highest BCUT2D eigenvalue weighted by Crippen LogP contribution is 2.29. The molecule has 0 atom stereocenters. The Kier molecular flexibility index (Phi) is 4.68. The fraction of sp³-hybridized carbons (Fsp3) is 0.200. The van der Waals surface area contributed by atoms with Gasteiger partial charge in [-0.3, -0.25) is 0 Å². The Bertz CT molecular complexity index is 558. The van der Waals surface area contributed by atoms with E-state index in [0.717, 1.165) is 28.2 Å². The fourth-order valence-corrected chi connectivity index (χ4v) is 2.24. The second kappa shape index (κ2) is 6.48. The number of hydrogen-bond acceptors (Lipinski definition) is 3. The molecule has 0 saturated carbocycles. The summed E-state index contributed by atoms with van der Waals surface area (Å²) in [6, 6.07) is 13.9. The SMILES string of the molecule is COc1ccc(OC)c(NCc2cccc(Br)c2)c1. The van der Waals surface area contributed by atoms with E-state index < -0.39 is 0 Å². The van der Waals surface area contributed by atoms with Crippen LogP contribution in [0.2, 0.25) is 0 Å². The molecule has 0 heterocycles. The number of ether oxygens (including phenoxy) is 2. The monoisotopic (exact) mass is 321 g/mol. The van der Waals surface area contributed by atoms with E-state index in [0.29, 0.717) is 0 Å². The summed E-state index contributed by atoms with van der Waals surface area (Å²) in [4.78, 5) is 0. The van der Waals surface area contributed by atoms with Crippen molar-refractivity contribution in [3.8, 4) is 11.5 Å². The summed E-state index contributed by atoms with van der Waals surface area (Å²) in [7, 11) is 3.31. The van der Waals surface area contributed by atoms with Gasteiger partial charge in [-0.2, -0.15) is 0 Å². The van der Waals surface area contributed by atoms with E-state index in [-0.39, 0.29) is 0 Å². The van der Waals surface area contributed by atoms with Crippen molar-refractivity contribution in [3.63, 3.8) is 0 Å². The van der Waals surface area contributed by atoms with Gasteiger partial charge in [0.15, 0.2) is 0 Å². The van der Waals surface area contributed by atoms with Crippen LogP contribution < -0.4 is 14.8 Å². The molecular weight excluding hydrogens is 306 g/mol.